The molecular weight excluding hydrogens is 334 g/mol. The fourth-order valence-electron chi connectivity index (χ4n) is 1.88. The first-order valence-corrected chi connectivity index (χ1v) is 7.42. The third kappa shape index (κ3) is 3.71. The fourth-order valence-corrected chi connectivity index (χ4v) is 2.31. The van der Waals surface area contributed by atoms with Crippen molar-refractivity contribution in [3.63, 3.8) is 0 Å². The average Bonchev–Trinajstić information content (AvgIpc) is 2.51. The quantitative estimate of drug-likeness (QED) is 0.863. The van der Waals surface area contributed by atoms with Crippen LogP contribution in [-0.4, -0.2) is 30.7 Å². The zero-order valence-electron chi connectivity index (χ0n) is 12.3. The molecule has 0 aliphatic carbocycles. The number of benzene rings is 1. The van der Waals surface area contributed by atoms with Crippen LogP contribution in [0.15, 0.2) is 28.7 Å². The summed E-state index contributed by atoms with van der Waals surface area (Å²) in [5.41, 5.74) is 1.74. The molecule has 0 spiro atoms. The molecule has 0 fully saturated rings. The van der Waals surface area contributed by atoms with E-state index in [2.05, 4.69) is 31.2 Å². The highest BCUT2D eigenvalue weighted by molar-refractivity contribution is 9.10. The lowest BCUT2D eigenvalue weighted by Crippen LogP contribution is -2.06. The first kappa shape index (κ1) is 15.7. The summed E-state index contributed by atoms with van der Waals surface area (Å²) in [4.78, 5) is 9.13. The predicted octanol–water partition coefficient (Wildman–Crippen LogP) is 3.49. The van der Waals surface area contributed by atoms with Crippen molar-refractivity contribution < 1.29 is 9.47 Å². The largest absolute Gasteiger partial charge is 0.497 e. The Labute approximate surface area is 132 Å². The van der Waals surface area contributed by atoms with Gasteiger partial charge < -0.3 is 14.8 Å². The van der Waals surface area contributed by atoms with Gasteiger partial charge in [-0.15, -0.1) is 0 Å². The van der Waals surface area contributed by atoms with Gasteiger partial charge >= 0.3 is 0 Å². The lowest BCUT2D eigenvalue weighted by molar-refractivity contribution is 0.181. The van der Waals surface area contributed by atoms with Crippen LogP contribution in [0, 0.1) is 0 Å². The van der Waals surface area contributed by atoms with E-state index in [0.29, 0.717) is 12.4 Å². The molecular formula is C15H18BrN3O2. The van der Waals surface area contributed by atoms with E-state index in [9.17, 15) is 0 Å². The Kier molecular flexibility index (Phi) is 5.52. The van der Waals surface area contributed by atoms with Gasteiger partial charge in [0.05, 0.1) is 23.9 Å². The van der Waals surface area contributed by atoms with E-state index in [0.717, 1.165) is 33.8 Å². The normalized spacial score (nSPS) is 10.5. The van der Waals surface area contributed by atoms with Crippen LogP contribution in [0.25, 0.3) is 11.4 Å². The second-order valence-electron chi connectivity index (χ2n) is 4.35. The van der Waals surface area contributed by atoms with Crippen molar-refractivity contribution in [1.82, 2.24) is 9.97 Å². The van der Waals surface area contributed by atoms with Crippen molar-refractivity contribution in [2.24, 2.45) is 0 Å². The number of nitrogens with one attached hydrogen (secondary N) is 1. The molecule has 6 heteroatoms. The van der Waals surface area contributed by atoms with E-state index in [-0.39, 0.29) is 0 Å². The molecule has 1 N–H and O–H groups in total. The van der Waals surface area contributed by atoms with Gasteiger partial charge in [0.15, 0.2) is 5.82 Å². The van der Waals surface area contributed by atoms with E-state index in [1.54, 1.807) is 14.2 Å². The zero-order chi connectivity index (χ0) is 15.2. The molecule has 1 heterocycles. The Hall–Kier alpha value is -1.66. The maximum absolute atomic E-state index is 5.20. The van der Waals surface area contributed by atoms with Crippen LogP contribution in [0.1, 0.15) is 12.6 Å². The van der Waals surface area contributed by atoms with Gasteiger partial charge in [-0.3, -0.25) is 0 Å². The first-order chi connectivity index (χ1) is 10.2. The lowest BCUT2D eigenvalue weighted by atomic mass is 10.2. The van der Waals surface area contributed by atoms with Crippen molar-refractivity contribution in [2.45, 2.75) is 13.5 Å². The summed E-state index contributed by atoms with van der Waals surface area (Å²) >= 11 is 3.53. The van der Waals surface area contributed by atoms with Crippen LogP contribution >= 0.6 is 15.9 Å². The smallest absolute Gasteiger partial charge is 0.161 e. The molecule has 112 valence electrons. The number of anilines is 1. The minimum Gasteiger partial charge on any atom is -0.497 e. The molecule has 0 bridgehead atoms. The molecule has 0 saturated heterocycles. The molecule has 0 saturated carbocycles. The van der Waals surface area contributed by atoms with Crippen LogP contribution in [0.5, 0.6) is 5.75 Å². The summed E-state index contributed by atoms with van der Waals surface area (Å²) < 4.78 is 11.2. The number of halogens is 1. The highest BCUT2D eigenvalue weighted by Gasteiger charge is 2.13. The van der Waals surface area contributed by atoms with Gasteiger partial charge in [-0.05, 0) is 47.1 Å². The highest BCUT2D eigenvalue weighted by atomic mass is 79.9. The molecule has 0 aliphatic heterocycles. The molecule has 2 rings (SSSR count). The number of nitrogens with zero attached hydrogens (tertiary/aromatic N) is 2. The Balaban J connectivity index is 2.45. The molecule has 21 heavy (non-hydrogen) atoms. The van der Waals surface area contributed by atoms with Gasteiger partial charge in [-0.2, -0.15) is 0 Å². The Morgan fingerprint density at radius 2 is 1.86 bits per heavy atom. The predicted molar refractivity (Wildman–Crippen MR) is 86.6 cm³/mol. The van der Waals surface area contributed by atoms with E-state index < -0.39 is 0 Å². The number of ether oxygens (including phenoxy) is 2. The second kappa shape index (κ2) is 7.38. The number of hydrogen-bond acceptors (Lipinski definition) is 5. The Morgan fingerprint density at radius 1 is 1.14 bits per heavy atom. The van der Waals surface area contributed by atoms with Crippen LogP contribution in [0.2, 0.25) is 0 Å². The number of hydrogen-bond donors (Lipinski definition) is 1. The standard InChI is InChI=1S/C15H18BrN3O2/c1-4-17-15-13(16)12(9-20-2)18-14(19-15)10-5-7-11(21-3)8-6-10/h5-8H,4,9H2,1-3H3,(H,17,18,19). The monoisotopic (exact) mass is 351 g/mol. The molecule has 1 aromatic carbocycles. The summed E-state index contributed by atoms with van der Waals surface area (Å²) in [6, 6.07) is 7.66. The van der Waals surface area contributed by atoms with Gasteiger partial charge in [0.1, 0.15) is 11.6 Å². The molecule has 0 unspecified atom stereocenters. The maximum Gasteiger partial charge on any atom is 0.161 e. The highest BCUT2D eigenvalue weighted by Crippen LogP contribution is 2.28. The summed E-state index contributed by atoms with van der Waals surface area (Å²) in [6.07, 6.45) is 0. The van der Waals surface area contributed by atoms with Gasteiger partial charge in [0.2, 0.25) is 0 Å². The molecule has 2 aromatic rings. The summed E-state index contributed by atoms with van der Waals surface area (Å²) in [7, 11) is 3.29. The fraction of sp³-hybridized carbons (Fsp3) is 0.333. The topological polar surface area (TPSA) is 56.3 Å². The maximum atomic E-state index is 5.20. The van der Waals surface area contributed by atoms with Crippen LogP contribution < -0.4 is 10.1 Å². The van der Waals surface area contributed by atoms with Crippen molar-refractivity contribution in [3.05, 3.63) is 34.4 Å². The van der Waals surface area contributed by atoms with Gasteiger partial charge in [0.25, 0.3) is 0 Å². The molecule has 5 nitrogen and oxygen atoms in total. The minimum atomic E-state index is 0.421. The molecule has 1 aromatic heterocycles. The second-order valence-corrected chi connectivity index (χ2v) is 5.14. The van der Waals surface area contributed by atoms with Crippen molar-refractivity contribution in [1.29, 1.82) is 0 Å². The zero-order valence-corrected chi connectivity index (χ0v) is 13.9. The third-order valence-electron chi connectivity index (χ3n) is 2.89. The summed E-state index contributed by atoms with van der Waals surface area (Å²) in [5.74, 6) is 2.23. The summed E-state index contributed by atoms with van der Waals surface area (Å²) in [5, 5.41) is 3.23. The third-order valence-corrected chi connectivity index (χ3v) is 3.73. The number of methoxy groups -OCH3 is 2. The average molecular weight is 352 g/mol. The number of rotatable bonds is 6. The number of aromatic nitrogens is 2. The Morgan fingerprint density at radius 3 is 2.43 bits per heavy atom. The summed E-state index contributed by atoms with van der Waals surface area (Å²) in [6.45, 7) is 3.23. The van der Waals surface area contributed by atoms with E-state index in [1.807, 2.05) is 31.2 Å². The first-order valence-electron chi connectivity index (χ1n) is 6.63. The van der Waals surface area contributed by atoms with Crippen LogP contribution in [0.4, 0.5) is 5.82 Å². The van der Waals surface area contributed by atoms with E-state index >= 15 is 0 Å². The van der Waals surface area contributed by atoms with Crippen LogP contribution in [0.3, 0.4) is 0 Å². The van der Waals surface area contributed by atoms with Gasteiger partial charge in [-0.1, -0.05) is 0 Å². The molecule has 0 amide bonds. The van der Waals surface area contributed by atoms with E-state index in [4.69, 9.17) is 9.47 Å². The van der Waals surface area contributed by atoms with Crippen molar-refractivity contribution in [2.75, 3.05) is 26.1 Å². The van der Waals surface area contributed by atoms with Crippen LogP contribution in [-0.2, 0) is 11.3 Å². The molecule has 0 aliphatic rings. The van der Waals surface area contributed by atoms with Gasteiger partial charge in [0, 0.05) is 19.2 Å². The molecule has 0 radical (unpaired) electrons. The Bertz CT molecular complexity index is 575. The lowest BCUT2D eigenvalue weighted by Gasteiger charge is -2.12. The van der Waals surface area contributed by atoms with E-state index in [1.165, 1.54) is 0 Å². The van der Waals surface area contributed by atoms with Crippen molar-refractivity contribution in [3.8, 4) is 17.1 Å². The minimum absolute atomic E-state index is 0.421. The SMILES string of the molecule is CCNc1nc(-c2ccc(OC)cc2)nc(COC)c1Br. The van der Waals surface area contributed by atoms with Gasteiger partial charge in [-0.25, -0.2) is 9.97 Å². The van der Waals surface area contributed by atoms with Crippen molar-refractivity contribution >= 4 is 21.7 Å². The molecule has 0 atom stereocenters.